The molecule has 0 amide bonds. The Kier molecular flexibility index (Phi) is 20.4. The SMILES string of the molecule is CNCCCCC(CO)COP(OC)OCCOCCOCCOP(=O)(O)OC. The second kappa shape index (κ2) is 20.2. The van der Waals surface area contributed by atoms with Gasteiger partial charge in [0.1, 0.15) is 0 Å². The van der Waals surface area contributed by atoms with Gasteiger partial charge < -0.3 is 38.4 Å². The molecular weight excluding hydrogens is 428 g/mol. The molecule has 3 atom stereocenters. The molecule has 0 heterocycles. The van der Waals surface area contributed by atoms with E-state index in [1.54, 1.807) is 0 Å². The Labute approximate surface area is 174 Å². The first kappa shape index (κ1) is 29.3. The summed E-state index contributed by atoms with van der Waals surface area (Å²) in [5, 5.41) is 12.5. The average Bonchev–Trinajstić information content (AvgIpc) is 2.72. The predicted molar refractivity (Wildman–Crippen MR) is 109 cm³/mol. The van der Waals surface area contributed by atoms with Crippen LogP contribution in [-0.2, 0) is 36.7 Å². The maximum absolute atomic E-state index is 11.0. The Hall–Kier alpha value is 0.260. The second-order valence-electron chi connectivity index (χ2n) is 5.89. The van der Waals surface area contributed by atoms with E-state index in [1.807, 2.05) is 7.05 Å². The van der Waals surface area contributed by atoms with Gasteiger partial charge in [0.05, 0.1) is 46.2 Å². The van der Waals surface area contributed by atoms with E-state index in [-0.39, 0.29) is 25.7 Å². The summed E-state index contributed by atoms with van der Waals surface area (Å²) in [7, 11) is -0.899. The molecule has 0 saturated carbocycles. The van der Waals surface area contributed by atoms with Crippen molar-refractivity contribution in [2.75, 3.05) is 80.7 Å². The number of nitrogens with one attached hydrogen (secondary N) is 1. The lowest BCUT2D eigenvalue weighted by Gasteiger charge is -2.18. The predicted octanol–water partition coefficient (Wildman–Crippen LogP) is 1.69. The number of hydrogen-bond donors (Lipinski definition) is 3. The summed E-state index contributed by atoms with van der Waals surface area (Å²) < 4.78 is 46.7. The summed E-state index contributed by atoms with van der Waals surface area (Å²) in [4.78, 5) is 9.01. The van der Waals surface area contributed by atoms with E-state index in [0.717, 1.165) is 32.9 Å². The smallest absolute Gasteiger partial charge is 0.396 e. The molecule has 13 heteroatoms. The van der Waals surface area contributed by atoms with Crippen LogP contribution < -0.4 is 5.32 Å². The fourth-order valence-electron chi connectivity index (χ4n) is 2.03. The molecule has 29 heavy (non-hydrogen) atoms. The first-order valence-corrected chi connectivity index (χ1v) is 12.1. The quantitative estimate of drug-likeness (QED) is 0.159. The maximum atomic E-state index is 11.0. The van der Waals surface area contributed by atoms with Gasteiger partial charge in [0.15, 0.2) is 0 Å². The Balaban J connectivity index is 3.61. The van der Waals surface area contributed by atoms with Crippen LogP contribution in [0.15, 0.2) is 0 Å². The number of aliphatic hydroxyl groups excluding tert-OH is 1. The van der Waals surface area contributed by atoms with Crippen molar-refractivity contribution in [1.29, 1.82) is 0 Å². The molecule has 0 saturated heterocycles. The van der Waals surface area contributed by atoms with Crippen LogP contribution in [0, 0.1) is 5.92 Å². The van der Waals surface area contributed by atoms with Gasteiger partial charge in [-0.1, -0.05) is 6.42 Å². The van der Waals surface area contributed by atoms with E-state index >= 15 is 0 Å². The third kappa shape index (κ3) is 18.7. The molecule has 0 aliphatic rings. The van der Waals surface area contributed by atoms with Crippen LogP contribution in [0.25, 0.3) is 0 Å². The monoisotopic (exact) mass is 465 g/mol. The zero-order valence-electron chi connectivity index (χ0n) is 17.6. The summed E-state index contributed by atoms with van der Waals surface area (Å²) >= 11 is 0. The van der Waals surface area contributed by atoms with E-state index in [4.69, 9.17) is 27.9 Å². The molecule has 0 aromatic heterocycles. The van der Waals surface area contributed by atoms with Crippen molar-refractivity contribution in [3.05, 3.63) is 0 Å². The molecule has 3 unspecified atom stereocenters. The Morgan fingerprint density at radius 1 is 1.00 bits per heavy atom. The number of phosphoric acid groups is 1. The molecule has 0 bridgehead atoms. The molecule has 0 aliphatic heterocycles. The highest BCUT2D eigenvalue weighted by molar-refractivity contribution is 7.47. The third-order valence-electron chi connectivity index (χ3n) is 3.62. The van der Waals surface area contributed by atoms with Gasteiger partial charge in [0.2, 0.25) is 0 Å². The number of hydrogen-bond acceptors (Lipinski definition) is 10. The summed E-state index contributed by atoms with van der Waals surface area (Å²) in [6.07, 6.45) is 2.97. The molecule has 3 N–H and O–H groups in total. The van der Waals surface area contributed by atoms with Gasteiger partial charge in [-0.3, -0.25) is 9.05 Å². The normalized spacial score (nSPS) is 15.9. The Morgan fingerprint density at radius 3 is 2.24 bits per heavy atom. The van der Waals surface area contributed by atoms with E-state index < -0.39 is 16.4 Å². The van der Waals surface area contributed by atoms with E-state index in [2.05, 4.69) is 14.4 Å². The summed E-state index contributed by atoms with van der Waals surface area (Å²) in [6.45, 7) is 2.82. The van der Waals surface area contributed by atoms with E-state index in [9.17, 15) is 9.67 Å². The molecule has 0 aliphatic carbocycles. The van der Waals surface area contributed by atoms with Crippen LogP contribution in [0.5, 0.6) is 0 Å². The van der Waals surface area contributed by atoms with Crippen LogP contribution in [-0.4, -0.2) is 90.7 Å². The maximum Gasteiger partial charge on any atom is 0.471 e. The summed E-state index contributed by atoms with van der Waals surface area (Å²) in [6, 6.07) is 0. The number of aliphatic hydroxyl groups is 1. The highest BCUT2D eigenvalue weighted by Gasteiger charge is 2.17. The van der Waals surface area contributed by atoms with Crippen molar-refractivity contribution in [3.8, 4) is 0 Å². The summed E-state index contributed by atoms with van der Waals surface area (Å²) in [5.74, 6) is 0.0663. The molecular formula is C16H37NO10P2. The average molecular weight is 465 g/mol. The van der Waals surface area contributed by atoms with Gasteiger partial charge in [-0.25, -0.2) is 4.57 Å². The van der Waals surface area contributed by atoms with Gasteiger partial charge in [0.25, 0.3) is 0 Å². The molecule has 0 aromatic rings. The number of ether oxygens (including phenoxy) is 2. The van der Waals surface area contributed by atoms with Crippen LogP contribution in [0.3, 0.4) is 0 Å². The van der Waals surface area contributed by atoms with Gasteiger partial charge in [-0.15, -0.1) is 0 Å². The lowest BCUT2D eigenvalue weighted by molar-refractivity contribution is 0.0204. The van der Waals surface area contributed by atoms with Crippen molar-refractivity contribution < 1.29 is 46.7 Å². The fraction of sp³-hybridized carbons (Fsp3) is 1.00. The topological polar surface area (TPSA) is 134 Å². The summed E-state index contributed by atoms with van der Waals surface area (Å²) in [5.41, 5.74) is 0. The minimum absolute atomic E-state index is 0.0511. The number of unbranched alkanes of at least 4 members (excludes halogenated alkanes) is 1. The van der Waals surface area contributed by atoms with E-state index in [1.165, 1.54) is 7.11 Å². The van der Waals surface area contributed by atoms with E-state index in [0.29, 0.717) is 33.0 Å². The van der Waals surface area contributed by atoms with Crippen molar-refractivity contribution in [2.45, 2.75) is 19.3 Å². The third-order valence-corrected chi connectivity index (χ3v) is 5.64. The Morgan fingerprint density at radius 2 is 1.66 bits per heavy atom. The molecule has 0 rings (SSSR count). The minimum Gasteiger partial charge on any atom is -0.396 e. The fourth-order valence-corrected chi connectivity index (χ4v) is 3.28. The molecule has 0 fully saturated rings. The van der Waals surface area contributed by atoms with Crippen LogP contribution in [0.1, 0.15) is 19.3 Å². The zero-order chi connectivity index (χ0) is 21.8. The number of phosphoric ester groups is 1. The molecule has 0 radical (unpaired) electrons. The lowest BCUT2D eigenvalue weighted by Crippen LogP contribution is -2.15. The van der Waals surface area contributed by atoms with Gasteiger partial charge in [-0.2, -0.15) is 0 Å². The van der Waals surface area contributed by atoms with Crippen molar-refractivity contribution in [1.82, 2.24) is 5.32 Å². The van der Waals surface area contributed by atoms with Gasteiger partial charge in [-0.05, 0) is 26.4 Å². The Bertz CT molecular complexity index is 408. The molecule has 0 spiro atoms. The number of rotatable bonds is 22. The second-order valence-corrected chi connectivity index (χ2v) is 8.78. The zero-order valence-corrected chi connectivity index (χ0v) is 19.4. The van der Waals surface area contributed by atoms with Crippen LogP contribution in [0.2, 0.25) is 0 Å². The van der Waals surface area contributed by atoms with Crippen molar-refractivity contribution in [2.24, 2.45) is 5.92 Å². The first-order valence-electron chi connectivity index (χ1n) is 9.53. The first-order chi connectivity index (χ1) is 14.0. The largest absolute Gasteiger partial charge is 0.471 e. The van der Waals surface area contributed by atoms with Crippen LogP contribution in [0.4, 0.5) is 0 Å². The minimum atomic E-state index is -3.95. The highest BCUT2D eigenvalue weighted by Crippen LogP contribution is 2.41. The molecule has 0 aromatic carbocycles. The van der Waals surface area contributed by atoms with Gasteiger partial charge in [0, 0.05) is 26.7 Å². The lowest BCUT2D eigenvalue weighted by atomic mass is 10.0. The van der Waals surface area contributed by atoms with Crippen molar-refractivity contribution >= 4 is 16.4 Å². The molecule has 176 valence electrons. The van der Waals surface area contributed by atoms with Crippen LogP contribution >= 0.6 is 16.4 Å². The highest BCUT2D eigenvalue weighted by atomic mass is 31.2. The van der Waals surface area contributed by atoms with Gasteiger partial charge >= 0.3 is 16.4 Å². The standard InChI is InChI=1S/C16H37NO10P2/c1-17-7-5-4-6-16(14-18)15-26-28(21-2)25-12-10-23-8-9-24-11-13-27-29(19,20)22-3/h16-18H,4-15H2,1-3H3,(H,19,20). The molecule has 11 nitrogen and oxygen atoms in total. The van der Waals surface area contributed by atoms with Crippen molar-refractivity contribution in [3.63, 3.8) is 0 Å².